The molecule has 1 aromatic heterocycles. The maximum Gasteiger partial charge on any atom is 0.128 e. The molecule has 19 heavy (non-hydrogen) atoms. The first-order chi connectivity index (χ1) is 8.94. The minimum Gasteiger partial charge on any atom is -0.356 e. The van der Waals surface area contributed by atoms with Crippen LogP contribution in [0.3, 0.4) is 0 Å². The van der Waals surface area contributed by atoms with Crippen LogP contribution in [-0.4, -0.2) is 30.2 Å². The Morgan fingerprint density at radius 3 is 2.84 bits per heavy atom. The SMILES string of the molecule is CC(C)(C)NCC1CCCN(c2ccc(Br)cn2)C1. The van der Waals surface area contributed by atoms with Gasteiger partial charge < -0.3 is 10.2 Å². The molecule has 2 rings (SSSR count). The molecule has 0 amide bonds. The fourth-order valence-corrected chi connectivity index (χ4v) is 2.68. The van der Waals surface area contributed by atoms with Crippen LogP contribution in [0.4, 0.5) is 5.82 Å². The van der Waals surface area contributed by atoms with Crippen LogP contribution >= 0.6 is 15.9 Å². The number of nitrogens with zero attached hydrogens (tertiary/aromatic N) is 2. The fourth-order valence-electron chi connectivity index (χ4n) is 2.45. The van der Waals surface area contributed by atoms with Gasteiger partial charge in [-0.1, -0.05) is 0 Å². The number of halogens is 1. The number of anilines is 1. The molecule has 0 aromatic carbocycles. The Kier molecular flexibility index (Phi) is 4.85. The second kappa shape index (κ2) is 6.23. The number of nitrogens with one attached hydrogen (secondary N) is 1. The minimum atomic E-state index is 0.206. The van der Waals surface area contributed by atoms with E-state index in [0.29, 0.717) is 0 Å². The summed E-state index contributed by atoms with van der Waals surface area (Å²) in [6, 6.07) is 4.17. The smallest absolute Gasteiger partial charge is 0.128 e. The van der Waals surface area contributed by atoms with Gasteiger partial charge in [0.25, 0.3) is 0 Å². The molecule has 0 saturated carbocycles. The average molecular weight is 326 g/mol. The Balaban J connectivity index is 1.91. The summed E-state index contributed by atoms with van der Waals surface area (Å²) in [5.41, 5.74) is 0.206. The van der Waals surface area contributed by atoms with E-state index in [-0.39, 0.29) is 5.54 Å². The van der Waals surface area contributed by atoms with Crippen molar-refractivity contribution in [2.75, 3.05) is 24.5 Å². The van der Waals surface area contributed by atoms with Crippen LogP contribution in [0.15, 0.2) is 22.8 Å². The number of hydrogen-bond donors (Lipinski definition) is 1. The van der Waals surface area contributed by atoms with Gasteiger partial charge in [-0.05, 0) is 67.6 Å². The Bertz CT molecular complexity index is 397. The van der Waals surface area contributed by atoms with Crippen molar-refractivity contribution in [2.24, 2.45) is 5.92 Å². The molecule has 1 unspecified atom stereocenters. The lowest BCUT2D eigenvalue weighted by molar-refractivity contribution is 0.335. The molecular formula is C15H24BrN3. The van der Waals surface area contributed by atoms with Gasteiger partial charge in [0.15, 0.2) is 0 Å². The first kappa shape index (κ1) is 14.8. The van der Waals surface area contributed by atoms with Gasteiger partial charge in [0, 0.05) is 35.8 Å². The second-order valence-electron chi connectivity index (χ2n) is 6.42. The Morgan fingerprint density at radius 2 is 2.21 bits per heavy atom. The molecule has 0 bridgehead atoms. The number of hydrogen-bond acceptors (Lipinski definition) is 3. The first-order valence-electron chi connectivity index (χ1n) is 7.05. The van der Waals surface area contributed by atoms with Crippen LogP contribution in [-0.2, 0) is 0 Å². The van der Waals surface area contributed by atoms with Gasteiger partial charge in [0.05, 0.1) is 0 Å². The summed E-state index contributed by atoms with van der Waals surface area (Å²) in [4.78, 5) is 6.91. The lowest BCUT2D eigenvalue weighted by atomic mass is 9.96. The summed E-state index contributed by atoms with van der Waals surface area (Å²) in [7, 11) is 0. The normalized spacial score (nSPS) is 20.6. The fraction of sp³-hybridized carbons (Fsp3) is 0.667. The van der Waals surface area contributed by atoms with E-state index in [9.17, 15) is 0 Å². The number of rotatable bonds is 3. The van der Waals surface area contributed by atoms with Crippen molar-refractivity contribution in [1.29, 1.82) is 0 Å². The van der Waals surface area contributed by atoms with Crippen LogP contribution in [0.1, 0.15) is 33.6 Å². The van der Waals surface area contributed by atoms with E-state index >= 15 is 0 Å². The molecule has 0 spiro atoms. The first-order valence-corrected chi connectivity index (χ1v) is 7.85. The molecule has 4 heteroatoms. The third-order valence-electron chi connectivity index (χ3n) is 3.48. The van der Waals surface area contributed by atoms with Crippen molar-refractivity contribution in [2.45, 2.75) is 39.2 Å². The van der Waals surface area contributed by atoms with E-state index in [4.69, 9.17) is 0 Å². The molecule has 1 aliphatic heterocycles. The molecule has 1 saturated heterocycles. The van der Waals surface area contributed by atoms with Gasteiger partial charge in [-0.3, -0.25) is 0 Å². The maximum absolute atomic E-state index is 4.50. The van der Waals surface area contributed by atoms with Gasteiger partial charge in [0.2, 0.25) is 0 Å². The lowest BCUT2D eigenvalue weighted by Crippen LogP contribution is -2.44. The summed E-state index contributed by atoms with van der Waals surface area (Å²) in [6.07, 6.45) is 4.46. The van der Waals surface area contributed by atoms with Crippen LogP contribution in [0.5, 0.6) is 0 Å². The van der Waals surface area contributed by atoms with E-state index in [1.807, 2.05) is 6.20 Å². The maximum atomic E-state index is 4.50. The Labute approximate surface area is 124 Å². The predicted molar refractivity (Wildman–Crippen MR) is 84.6 cm³/mol. The molecule has 2 heterocycles. The van der Waals surface area contributed by atoms with Crippen LogP contribution in [0.2, 0.25) is 0 Å². The van der Waals surface area contributed by atoms with Gasteiger partial charge in [0.1, 0.15) is 5.82 Å². The molecule has 3 nitrogen and oxygen atoms in total. The number of piperidine rings is 1. The van der Waals surface area contributed by atoms with E-state index in [2.05, 4.69) is 64.0 Å². The predicted octanol–water partition coefficient (Wildman–Crippen LogP) is 3.45. The monoisotopic (exact) mass is 325 g/mol. The molecule has 106 valence electrons. The van der Waals surface area contributed by atoms with Crippen LogP contribution in [0.25, 0.3) is 0 Å². The lowest BCUT2D eigenvalue weighted by Gasteiger charge is -2.35. The summed E-state index contributed by atoms with van der Waals surface area (Å²) in [5, 5.41) is 3.62. The summed E-state index contributed by atoms with van der Waals surface area (Å²) < 4.78 is 1.04. The zero-order valence-corrected chi connectivity index (χ0v) is 13.7. The molecule has 0 radical (unpaired) electrons. The number of aromatic nitrogens is 1. The third-order valence-corrected chi connectivity index (χ3v) is 3.94. The number of pyridine rings is 1. The van der Waals surface area contributed by atoms with Crippen LogP contribution in [0, 0.1) is 5.92 Å². The largest absolute Gasteiger partial charge is 0.356 e. The van der Waals surface area contributed by atoms with Crippen molar-refractivity contribution in [3.05, 3.63) is 22.8 Å². The van der Waals surface area contributed by atoms with E-state index in [0.717, 1.165) is 35.8 Å². The summed E-state index contributed by atoms with van der Waals surface area (Å²) in [6.45, 7) is 10.0. The molecule has 1 fully saturated rings. The minimum absolute atomic E-state index is 0.206. The summed E-state index contributed by atoms with van der Waals surface area (Å²) in [5.74, 6) is 1.82. The Hall–Kier alpha value is -0.610. The van der Waals surface area contributed by atoms with Crippen molar-refractivity contribution >= 4 is 21.7 Å². The quantitative estimate of drug-likeness (QED) is 0.922. The highest BCUT2D eigenvalue weighted by Crippen LogP contribution is 2.22. The molecule has 0 aliphatic carbocycles. The molecular weight excluding hydrogens is 302 g/mol. The highest BCUT2D eigenvalue weighted by atomic mass is 79.9. The Morgan fingerprint density at radius 1 is 1.42 bits per heavy atom. The van der Waals surface area contributed by atoms with E-state index in [1.54, 1.807) is 0 Å². The zero-order chi connectivity index (χ0) is 13.9. The third kappa shape index (κ3) is 4.77. The standard InChI is InChI=1S/C15H24BrN3/c1-15(2,3)18-9-12-5-4-8-19(11-12)14-7-6-13(16)10-17-14/h6-7,10,12,18H,4-5,8-9,11H2,1-3H3. The molecule has 1 N–H and O–H groups in total. The van der Waals surface area contributed by atoms with Gasteiger partial charge >= 0.3 is 0 Å². The van der Waals surface area contributed by atoms with Crippen LogP contribution < -0.4 is 10.2 Å². The molecule has 1 atom stereocenters. The highest BCUT2D eigenvalue weighted by Gasteiger charge is 2.22. The average Bonchev–Trinajstić information content (AvgIpc) is 2.37. The molecule has 1 aromatic rings. The zero-order valence-electron chi connectivity index (χ0n) is 12.1. The molecule has 1 aliphatic rings. The van der Waals surface area contributed by atoms with Gasteiger partial charge in [-0.15, -0.1) is 0 Å². The second-order valence-corrected chi connectivity index (χ2v) is 7.34. The van der Waals surface area contributed by atoms with Crippen molar-refractivity contribution in [3.8, 4) is 0 Å². The van der Waals surface area contributed by atoms with Crippen molar-refractivity contribution in [1.82, 2.24) is 10.3 Å². The van der Waals surface area contributed by atoms with E-state index in [1.165, 1.54) is 12.8 Å². The highest BCUT2D eigenvalue weighted by molar-refractivity contribution is 9.10. The van der Waals surface area contributed by atoms with Crippen molar-refractivity contribution in [3.63, 3.8) is 0 Å². The summed E-state index contributed by atoms with van der Waals surface area (Å²) >= 11 is 3.44. The van der Waals surface area contributed by atoms with Crippen molar-refractivity contribution < 1.29 is 0 Å². The van der Waals surface area contributed by atoms with E-state index < -0.39 is 0 Å². The van der Waals surface area contributed by atoms with Gasteiger partial charge in [-0.2, -0.15) is 0 Å². The topological polar surface area (TPSA) is 28.2 Å². The van der Waals surface area contributed by atoms with Gasteiger partial charge in [-0.25, -0.2) is 4.98 Å².